The summed E-state index contributed by atoms with van der Waals surface area (Å²) in [4.78, 5) is 17.5. The van der Waals surface area contributed by atoms with Crippen LogP contribution in [0.25, 0.3) is 0 Å². The van der Waals surface area contributed by atoms with E-state index < -0.39 is 5.54 Å². The third-order valence-electron chi connectivity index (χ3n) is 5.01. The summed E-state index contributed by atoms with van der Waals surface area (Å²) in [6, 6.07) is 20.3. The highest BCUT2D eigenvalue weighted by molar-refractivity contribution is 6.06. The number of nitrogens with one attached hydrogen (secondary N) is 1. The molecular weight excluding hydrogens is 286 g/mol. The molecule has 2 aliphatic heterocycles. The molecule has 0 unspecified atom stereocenters. The molecule has 2 fully saturated rings. The van der Waals surface area contributed by atoms with Gasteiger partial charge in [0.25, 0.3) is 5.91 Å². The number of piperidine rings is 1. The number of carbonyl (C=O) groups is 1. The first-order valence-corrected chi connectivity index (χ1v) is 8.22. The molecule has 2 aromatic carbocycles. The van der Waals surface area contributed by atoms with Crippen LogP contribution in [-0.4, -0.2) is 31.2 Å². The molecule has 2 heterocycles. The molecule has 0 aromatic heterocycles. The van der Waals surface area contributed by atoms with Crippen LogP contribution in [0.2, 0.25) is 0 Å². The quantitative estimate of drug-likeness (QED) is 0.926. The van der Waals surface area contributed by atoms with Crippen molar-refractivity contribution in [2.24, 2.45) is 0 Å². The summed E-state index contributed by atoms with van der Waals surface area (Å²) in [6.45, 7) is 2.39. The normalized spacial score (nSPS) is 20.3. The van der Waals surface area contributed by atoms with Crippen LogP contribution in [0.3, 0.4) is 0 Å². The lowest BCUT2D eigenvalue weighted by atomic mass is 9.86. The van der Waals surface area contributed by atoms with Gasteiger partial charge >= 0.3 is 0 Å². The molecule has 2 aromatic rings. The predicted molar refractivity (Wildman–Crippen MR) is 92.6 cm³/mol. The molecule has 0 atom stereocenters. The summed E-state index contributed by atoms with van der Waals surface area (Å²) < 4.78 is 0. The second-order valence-electron chi connectivity index (χ2n) is 6.26. The summed E-state index contributed by atoms with van der Waals surface area (Å²) in [5, 5.41) is 3.39. The Labute approximate surface area is 136 Å². The Kier molecular flexibility index (Phi) is 3.54. The largest absolute Gasteiger partial charge is 0.338 e. The number of benzene rings is 2. The van der Waals surface area contributed by atoms with Gasteiger partial charge in [-0.25, -0.2) is 0 Å². The SMILES string of the molecule is O=C1N(c2ccccc2)CN(c2ccccc2)C12CCNCC2. The number of amides is 1. The number of para-hydroxylation sites is 2. The maximum Gasteiger partial charge on any atom is 0.254 e. The van der Waals surface area contributed by atoms with E-state index in [0.717, 1.165) is 37.3 Å². The molecule has 1 N–H and O–H groups in total. The molecule has 1 amide bonds. The highest BCUT2D eigenvalue weighted by Crippen LogP contribution is 2.39. The second kappa shape index (κ2) is 5.70. The average Bonchev–Trinajstić information content (AvgIpc) is 2.90. The first kappa shape index (κ1) is 14.3. The number of nitrogens with zero attached hydrogens (tertiary/aromatic N) is 2. The summed E-state index contributed by atoms with van der Waals surface area (Å²) in [6.07, 6.45) is 1.70. The van der Waals surface area contributed by atoms with Crippen molar-refractivity contribution in [1.29, 1.82) is 0 Å². The number of rotatable bonds is 2. The van der Waals surface area contributed by atoms with E-state index in [1.165, 1.54) is 0 Å². The summed E-state index contributed by atoms with van der Waals surface area (Å²) >= 11 is 0. The first-order valence-electron chi connectivity index (χ1n) is 8.22. The van der Waals surface area contributed by atoms with Gasteiger partial charge in [-0.05, 0) is 50.2 Å². The fourth-order valence-electron chi connectivity index (χ4n) is 3.78. The maximum absolute atomic E-state index is 13.3. The lowest BCUT2D eigenvalue weighted by molar-refractivity contribution is -0.122. The smallest absolute Gasteiger partial charge is 0.254 e. The molecule has 0 aliphatic carbocycles. The van der Waals surface area contributed by atoms with Crippen LogP contribution in [-0.2, 0) is 4.79 Å². The van der Waals surface area contributed by atoms with Gasteiger partial charge in [-0.2, -0.15) is 0 Å². The van der Waals surface area contributed by atoms with Gasteiger partial charge in [0.2, 0.25) is 0 Å². The Hall–Kier alpha value is -2.33. The van der Waals surface area contributed by atoms with Crippen molar-refractivity contribution < 1.29 is 4.79 Å². The van der Waals surface area contributed by atoms with E-state index in [-0.39, 0.29) is 5.91 Å². The molecule has 118 valence electrons. The van der Waals surface area contributed by atoms with E-state index in [4.69, 9.17) is 0 Å². The molecular formula is C19H21N3O. The molecule has 23 heavy (non-hydrogen) atoms. The topological polar surface area (TPSA) is 35.6 Å². The van der Waals surface area contributed by atoms with E-state index in [2.05, 4.69) is 22.3 Å². The Morgan fingerprint density at radius 3 is 2.00 bits per heavy atom. The van der Waals surface area contributed by atoms with Crippen LogP contribution in [0, 0.1) is 0 Å². The average molecular weight is 307 g/mol. The van der Waals surface area contributed by atoms with Crippen LogP contribution < -0.4 is 15.1 Å². The third kappa shape index (κ3) is 2.30. The van der Waals surface area contributed by atoms with E-state index in [1.807, 2.05) is 53.4 Å². The van der Waals surface area contributed by atoms with Crippen molar-refractivity contribution in [1.82, 2.24) is 5.32 Å². The standard InChI is InChI=1S/C19H21N3O/c23-18-19(11-13-20-14-12-19)22(17-9-5-2-6-10-17)15-21(18)16-7-3-1-4-8-16/h1-10,20H,11-15H2. The second-order valence-corrected chi connectivity index (χ2v) is 6.26. The van der Waals surface area contributed by atoms with E-state index in [1.54, 1.807) is 0 Å². The summed E-state index contributed by atoms with van der Waals surface area (Å²) in [5.74, 6) is 0.231. The Morgan fingerprint density at radius 2 is 1.39 bits per heavy atom. The van der Waals surface area contributed by atoms with Gasteiger partial charge in [0.05, 0.1) is 6.67 Å². The minimum absolute atomic E-state index is 0.231. The van der Waals surface area contributed by atoms with Crippen LogP contribution in [0.4, 0.5) is 11.4 Å². The van der Waals surface area contributed by atoms with Crippen molar-refractivity contribution in [2.75, 3.05) is 29.6 Å². The molecule has 0 saturated carbocycles. The van der Waals surface area contributed by atoms with Crippen molar-refractivity contribution >= 4 is 17.3 Å². The predicted octanol–water partition coefficient (Wildman–Crippen LogP) is 2.62. The fourth-order valence-corrected chi connectivity index (χ4v) is 3.78. The minimum Gasteiger partial charge on any atom is -0.338 e. The highest BCUT2D eigenvalue weighted by atomic mass is 16.2. The van der Waals surface area contributed by atoms with Crippen LogP contribution >= 0.6 is 0 Å². The Morgan fingerprint density at radius 1 is 0.826 bits per heavy atom. The summed E-state index contributed by atoms with van der Waals surface area (Å²) in [5.41, 5.74) is 1.69. The Balaban J connectivity index is 1.76. The number of hydrogen-bond donors (Lipinski definition) is 1. The monoisotopic (exact) mass is 307 g/mol. The van der Waals surface area contributed by atoms with E-state index >= 15 is 0 Å². The fraction of sp³-hybridized carbons (Fsp3) is 0.316. The molecule has 4 heteroatoms. The maximum atomic E-state index is 13.3. The molecule has 0 bridgehead atoms. The van der Waals surface area contributed by atoms with Gasteiger partial charge < -0.3 is 10.2 Å². The van der Waals surface area contributed by atoms with Crippen molar-refractivity contribution in [3.63, 3.8) is 0 Å². The van der Waals surface area contributed by atoms with Gasteiger partial charge in [0, 0.05) is 11.4 Å². The molecule has 2 aliphatic rings. The van der Waals surface area contributed by atoms with Gasteiger partial charge in [-0.1, -0.05) is 36.4 Å². The third-order valence-corrected chi connectivity index (χ3v) is 5.01. The van der Waals surface area contributed by atoms with Gasteiger partial charge in [0.1, 0.15) is 5.54 Å². The number of carbonyl (C=O) groups excluding carboxylic acids is 1. The molecule has 4 nitrogen and oxygen atoms in total. The number of anilines is 2. The summed E-state index contributed by atoms with van der Waals surface area (Å²) in [7, 11) is 0. The first-order chi connectivity index (χ1) is 11.3. The van der Waals surface area contributed by atoms with Gasteiger partial charge in [0.15, 0.2) is 0 Å². The molecule has 1 spiro atoms. The zero-order chi connectivity index (χ0) is 15.7. The van der Waals surface area contributed by atoms with Crippen molar-refractivity contribution in [3.05, 3.63) is 60.7 Å². The lowest BCUT2D eigenvalue weighted by Crippen LogP contribution is -2.55. The Bertz CT molecular complexity index is 680. The van der Waals surface area contributed by atoms with Crippen LogP contribution in [0.1, 0.15) is 12.8 Å². The number of hydrogen-bond acceptors (Lipinski definition) is 3. The van der Waals surface area contributed by atoms with Crippen LogP contribution in [0.15, 0.2) is 60.7 Å². The zero-order valence-corrected chi connectivity index (χ0v) is 13.1. The van der Waals surface area contributed by atoms with Gasteiger partial charge in [-0.15, -0.1) is 0 Å². The lowest BCUT2D eigenvalue weighted by Gasteiger charge is -2.39. The van der Waals surface area contributed by atoms with E-state index in [9.17, 15) is 4.79 Å². The highest BCUT2D eigenvalue weighted by Gasteiger charge is 2.53. The van der Waals surface area contributed by atoms with Gasteiger partial charge in [-0.3, -0.25) is 9.69 Å². The minimum atomic E-state index is -0.414. The molecule has 4 rings (SSSR count). The molecule has 2 saturated heterocycles. The van der Waals surface area contributed by atoms with Crippen LogP contribution in [0.5, 0.6) is 0 Å². The van der Waals surface area contributed by atoms with E-state index in [0.29, 0.717) is 6.67 Å². The van der Waals surface area contributed by atoms with Crippen molar-refractivity contribution in [3.8, 4) is 0 Å². The van der Waals surface area contributed by atoms with Crippen molar-refractivity contribution in [2.45, 2.75) is 18.4 Å². The zero-order valence-electron chi connectivity index (χ0n) is 13.1. The molecule has 0 radical (unpaired) electrons.